The fourth-order valence-corrected chi connectivity index (χ4v) is 10.0. The number of fused-ring (bicyclic) bond motifs is 9. The van der Waals surface area contributed by atoms with E-state index in [0.29, 0.717) is 5.69 Å². The summed E-state index contributed by atoms with van der Waals surface area (Å²) >= 11 is 6.46. The summed E-state index contributed by atoms with van der Waals surface area (Å²) in [6.45, 7) is 0. The van der Waals surface area contributed by atoms with Gasteiger partial charge in [-0.25, -0.2) is 0 Å². The number of carbonyl (C=O) groups is 2. The Hall–Kier alpha value is -2.16. The van der Waals surface area contributed by atoms with Crippen molar-refractivity contribution in [2.24, 2.45) is 29.6 Å². The van der Waals surface area contributed by atoms with Crippen LogP contribution in [-0.2, 0) is 9.59 Å². The predicted octanol–water partition coefficient (Wildman–Crippen LogP) is 4.88. The van der Waals surface area contributed by atoms with Crippen LogP contribution in [0.15, 0.2) is 68.9 Å². The Balaban J connectivity index is 1.33. The standard InChI is InChI=1S/C25H19BrN2O3S2/c26-12-6-8-13(9-7-12)28-23(29)18-14-10-15(19(18)24(28)30)20-17(14)16(11-4-2-1-3-5-11)21-22(32-20)27-25(31)33-21/h1-9,14-20H,10H2,(H,27,31)/t14-,15-,16-,17-,18+,19-,20-/m1/s1. The summed E-state index contributed by atoms with van der Waals surface area (Å²) in [5.74, 6) is -0.0247. The van der Waals surface area contributed by atoms with Crippen molar-refractivity contribution in [3.8, 4) is 0 Å². The SMILES string of the molecule is O=C1[C@@H]2[C@H]3C[C@@H]([C@@H]2C(=O)N1c1ccc(Br)cc1)[C@@H]1[C@@H](c2ccccc2)c2sc(=O)[nH]c2S[C@H]31. The van der Waals surface area contributed by atoms with Crippen LogP contribution in [0.25, 0.3) is 0 Å². The molecular weight excluding hydrogens is 520 g/mol. The summed E-state index contributed by atoms with van der Waals surface area (Å²) in [6.07, 6.45) is 0.909. The van der Waals surface area contributed by atoms with Gasteiger partial charge < -0.3 is 4.98 Å². The normalized spacial score (nSPS) is 33.8. The zero-order valence-corrected chi connectivity index (χ0v) is 20.5. The predicted molar refractivity (Wildman–Crippen MR) is 132 cm³/mol. The average molecular weight is 539 g/mol. The Morgan fingerprint density at radius 3 is 2.33 bits per heavy atom. The van der Waals surface area contributed by atoms with E-state index in [-0.39, 0.29) is 57.4 Å². The second kappa shape index (κ2) is 7.17. The molecule has 166 valence electrons. The number of H-pyrrole nitrogens is 1. The van der Waals surface area contributed by atoms with Crippen LogP contribution in [-0.4, -0.2) is 22.0 Å². The number of hydrogen-bond acceptors (Lipinski definition) is 5. The molecule has 2 aliphatic heterocycles. The molecule has 2 aliphatic carbocycles. The van der Waals surface area contributed by atoms with Crippen LogP contribution in [0.1, 0.15) is 22.8 Å². The third-order valence-electron chi connectivity index (χ3n) is 7.97. The summed E-state index contributed by atoms with van der Waals surface area (Å²) in [5, 5.41) is 1.17. The molecule has 33 heavy (non-hydrogen) atoms. The van der Waals surface area contributed by atoms with Crippen molar-refractivity contribution in [1.82, 2.24) is 4.98 Å². The Bertz CT molecular complexity index is 1350. The van der Waals surface area contributed by atoms with Crippen molar-refractivity contribution in [3.63, 3.8) is 0 Å². The van der Waals surface area contributed by atoms with Gasteiger partial charge in [0.15, 0.2) is 0 Å². The van der Waals surface area contributed by atoms with Gasteiger partial charge in [-0.2, -0.15) is 0 Å². The summed E-state index contributed by atoms with van der Waals surface area (Å²) < 4.78 is 0.916. The molecule has 0 radical (unpaired) electrons. The monoisotopic (exact) mass is 538 g/mol. The molecule has 1 aromatic heterocycles. The van der Waals surface area contributed by atoms with E-state index in [1.807, 2.05) is 42.5 Å². The second-order valence-corrected chi connectivity index (χ2v) is 12.5. The van der Waals surface area contributed by atoms with Crippen LogP contribution < -0.4 is 9.77 Å². The van der Waals surface area contributed by atoms with E-state index in [0.717, 1.165) is 20.8 Å². The lowest BCUT2D eigenvalue weighted by molar-refractivity contribution is -0.123. The number of carbonyl (C=O) groups excluding carboxylic acids is 2. The molecule has 3 fully saturated rings. The van der Waals surface area contributed by atoms with Gasteiger partial charge >= 0.3 is 4.87 Å². The molecule has 8 heteroatoms. The van der Waals surface area contributed by atoms with Gasteiger partial charge in [-0.15, -0.1) is 11.8 Å². The van der Waals surface area contributed by atoms with Crippen molar-refractivity contribution in [1.29, 1.82) is 0 Å². The topological polar surface area (TPSA) is 70.2 Å². The molecule has 3 aromatic rings. The summed E-state index contributed by atoms with van der Waals surface area (Å²) in [6, 6.07) is 17.7. The van der Waals surface area contributed by atoms with E-state index in [1.165, 1.54) is 21.8 Å². The first kappa shape index (κ1) is 20.2. The van der Waals surface area contributed by atoms with E-state index in [9.17, 15) is 14.4 Å². The minimum Gasteiger partial charge on any atom is -0.307 e. The zero-order chi connectivity index (χ0) is 22.4. The van der Waals surface area contributed by atoms with Crippen molar-refractivity contribution in [2.45, 2.75) is 22.6 Å². The highest BCUT2D eigenvalue weighted by Crippen LogP contribution is 2.68. The number of thiazole rings is 1. The van der Waals surface area contributed by atoms with Crippen molar-refractivity contribution < 1.29 is 9.59 Å². The van der Waals surface area contributed by atoms with Crippen LogP contribution in [0, 0.1) is 29.6 Å². The maximum atomic E-state index is 13.7. The molecule has 7 atom stereocenters. The molecule has 2 saturated carbocycles. The zero-order valence-electron chi connectivity index (χ0n) is 17.3. The van der Waals surface area contributed by atoms with Crippen LogP contribution >= 0.6 is 39.0 Å². The molecule has 2 amide bonds. The number of hydrogen-bond donors (Lipinski definition) is 1. The van der Waals surface area contributed by atoms with E-state index in [1.54, 1.807) is 11.8 Å². The number of thioether (sulfide) groups is 1. The number of nitrogens with one attached hydrogen (secondary N) is 1. The largest absolute Gasteiger partial charge is 0.307 e. The first-order valence-electron chi connectivity index (χ1n) is 11.1. The van der Waals surface area contributed by atoms with E-state index in [4.69, 9.17) is 0 Å². The third kappa shape index (κ3) is 2.74. The molecule has 2 aromatic carbocycles. The van der Waals surface area contributed by atoms with Gasteiger partial charge in [-0.3, -0.25) is 19.3 Å². The van der Waals surface area contributed by atoms with Crippen molar-refractivity contribution >= 4 is 56.5 Å². The summed E-state index contributed by atoms with van der Waals surface area (Å²) in [4.78, 5) is 45.1. The van der Waals surface area contributed by atoms with Gasteiger partial charge in [0.05, 0.1) is 22.5 Å². The molecule has 2 bridgehead atoms. The van der Waals surface area contributed by atoms with E-state index >= 15 is 0 Å². The Kier molecular flexibility index (Phi) is 4.40. The van der Waals surface area contributed by atoms with Gasteiger partial charge in [0, 0.05) is 20.5 Å². The van der Waals surface area contributed by atoms with E-state index in [2.05, 4.69) is 33.0 Å². The maximum Gasteiger partial charge on any atom is 0.305 e. The molecular formula is C25H19BrN2O3S2. The van der Waals surface area contributed by atoms with Crippen LogP contribution in [0.3, 0.4) is 0 Å². The number of benzene rings is 2. The number of anilines is 1. The number of aromatic nitrogens is 1. The molecule has 3 heterocycles. The van der Waals surface area contributed by atoms with Gasteiger partial charge in [0.1, 0.15) is 0 Å². The minimum absolute atomic E-state index is 0.0329. The highest BCUT2D eigenvalue weighted by atomic mass is 79.9. The van der Waals surface area contributed by atoms with Gasteiger partial charge in [0.25, 0.3) is 0 Å². The number of amides is 2. The van der Waals surface area contributed by atoms with Crippen LogP contribution in [0.4, 0.5) is 5.69 Å². The first-order valence-corrected chi connectivity index (χ1v) is 13.6. The van der Waals surface area contributed by atoms with Gasteiger partial charge in [0.2, 0.25) is 11.8 Å². The Morgan fingerprint density at radius 1 is 0.909 bits per heavy atom. The van der Waals surface area contributed by atoms with Gasteiger partial charge in [-0.1, -0.05) is 57.6 Å². The number of aromatic amines is 1. The molecule has 0 unspecified atom stereocenters. The van der Waals surface area contributed by atoms with Crippen molar-refractivity contribution in [2.75, 3.05) is 4.90 Å². The molecule has 5 nitrogen and oxygen atoms in total. The van der Waals surface area contributed by atoms with Crippen LogP contribution in [0.5, 0.6) is 0 Å². The first-order chi connectivity index (χ1) is 16.0. The average Bonchev–Trinajstić information content (AvgIpc) is 3.54. The van der Waals surface area contributed by atoms with E-state index < -0.39 is 0 Å². The lowest BCUT2D eigenvalue weighted by Gasteiger charge is -2.43. The summed E-state index contributed by atoms with van der Waals surface area (Å²) in [7, 11) is 0. The number of rotatable bonds is 2. The Labute approximate surface area is 206 Å². The summed E-state index contributed by atoms with van der Waals surface area (Å²) in [5.41, 5.74) is 1.84. The third-order valence-corrected chi connectivity index (χ3v) is 11.1. The molecule has 7 rings (SSSR count). The van der Waals surface area contributed by atoms with Crippen molar-refractivity contribution in [3.05, 3.63) is 79.2 Å². The quantitative estimate of drug-likeness (QED) is 0.472. The fourth-order valence-electron chi connectivity index (χ4n) is 6.90. The lowest BCUT2D eigenvalue weighted by Crippen LogP contribution is -2.42. The Morgan fingerprint density at radius 2 is 1.61 bits per heavy atom. The van der Waals surface area contributed by atoms with Gasteiger partial charge in [-0.05, 0) is 54.0 Å². The fraction of sp³-hybridized carbons (Fsp3) is 0.320. The number of imide groups is 1. The van der Waals surface area contributed by atoms with Crippen LogP contribution in [0.2, 0.25) is 0 Å². The molecule has 1 N–H and O–H groups in total. The number of halogens is 1. The minimum atomic E-state index is -0.267. The number of nitrogens with zero attached hydrogens (tertiary/aromatic N) is 1. The molecule has 1 saturated heterocycles. The maximum absolute atomic E-state index is 13.7. The second-order valence-electron chi connectivity index (χ2n) is 9.36. The highest BCUT2D eigenvalue weighted by Gasteiger charge is 2.69. The highest BCUT2D eigenvalue weighted by molar-refractivity contribution is 9.10. The lowest BCUT2D eigenvalue weighted by atomic mass is 9.68. The molecule has 4 aliphatic rings. The smallest absolute Gasteiger partial charge is 0.305 e. The molecule has 0 spiro atoms.